The van der Waals surface area contributed by atoms with Crippen LogP contribution in [0.5, 0.6) is 0 Å². The lowest BCUT2D eigenvalue weighted by Gasteiger charge is -2.32. The molecule has 5 heteroatoms. The lowest BCUT2D eigenvalue weighted by molar-refractivity contribution is -0.133. The molecule has 1 amide bonds. The summed E-state index contributed by atoms with van der Waals surface area (Å²) < 4.78 is 0. The summed E-state index contributed by atoms with van der Waals surface area (Å²) >= 11 is 0. The molecule has 2 N–H and O–H groups in total. The predicted octanol–water partition coefficient (Wildman–Crippen LogP) is 0.700. The third-order valence-electron chi connectivity index (χ3n) is 3.68. The first-order chi connectivity index (χ1) is 7.65. The Balaban J connectivity index is 0.00000144. The fourth-order valence-corrected chi connectivity index (χ4v) is 2.71. The van der Waals surface area contributed by atoms with E-state index in [9.17, 15) is 4.79 Å². The maximum atomic E-state index is 12.0. The second kappa shape index (κ2) is 6.57. The van der Waals surface area contributed by atoms with Gasteiger partial charge < -0.3 is 10.6 Å². The molecule has 2 heterocycles. The third-order valence-corrected chi connectivity index (χ3v) is 3.68. The summed E-state index contributed by atoms with van der Waals surface area (Å²) in [4.78, 5) is 16.3. The van der Waals surface area contributed by atoms with E-state index in [4.69, 9.17) is 5.73 Å². The normalized spacial score (nSPS) is 30.1. The number of likely N-dealkylation sites (tertiary alicyclic amines) is 2. The molecule has 0 spiro atoms. The van der Waals surface area contributed by atoms with Crippen molar-refractivity contribution in [1.82, 2.24) is 9.80 Å². The van der Waals surface area contributed by atoms with Gasteiger partial charge in [-0.1, -0.05) is 6.92 Å². The average Bonchev–Trinajstić information content (AvgIpc) is 2.64. The summed E-state index contributed by atoms with van der Waals surface area (Å²) in [5, 5.41) is 0. The van der Waals surface area contributed by atoms with E-state index >= 15 is 0 Å². The van der Waals surface area contributed by atoms with Crippen molar-refractivity contribution in [2.24, 2.45) is 11.7 Å². The van der Waals surface area contributed by atoms with Crippen LogP contribution in [-0.2, 0) is 4.79 Å². The first-order valence-corrected chi connectivity index (χ1v) is 6.41. The largest absolute Gasteiger partial charge is 0.341 e. The van der Waals surface area contributed by atoms with Crippen LogP contribution in [0.3, 0.4) is 0 Å². The SMILES string of the molecule is CC1CCCN(C(=O)CN2CCC(N)C2)C1.Cl. The van der Waals surface area contributed by atoms with Crippen LogP contribution in [0, 0.1) is 5.92 Å². The first-order valence-electron chi connectivity index (χ1n) is 6.41. The van der Waals surface area contributed by atoms with Crippen LogP contribution in [0.25, 0.3) is 0 Å². The van der Waals surface area contributed by atoms with E-state index in [1.54, 1.807) is 0 Å². The van der Waals surface area contributed by atoms with Gasteiger partial charge in [0.1, 0.15) is 0 Å². The Hall–Kier alpha value is -0.320. The van der Waals surface area contributed by atoms with Crippen molar-refractivity contribution in [3.63, 3.8) is 0 Å². The molecule has 2 saturated heterocycles. The van der Waals surface area contributed by atoms with Crippen LogP contribution in [0.1, 0.15) is 26.2 Å². The van der Waals surface area contributed by atoms with Crippen LogP contribution < -0.4 is 5.73 Å². The molecule has 17 heavy (non-hydrogen) atoms. The maximum Gasteiger partial charge on any atom is 0.236 e. The van der Waals surface area contributed by atoms with Crippen molar-refractivity contribution in [1.29, 1.82) is 0 Å². The zero-order chi connectivity index (χ0) is 11.5. The number of carbonyl (C=O) groups is 1. The molecule has 2 atom stereocenters. The Bertz CT molecular complexity index is 262. The van der Waals surface area contributed by atoms with Crippen molar-refractivity contribution in [3.05, 3.63) is 0 Å². The molecule has 0 aromatic rings. The maximum absolute atomic E-state index is 12.0. The Morgan fingerprint density at radius 2 is 2.06 bits per heavy atom. The van der Waals surface area contributed by atoms with Crippen molar-refractivity contribution in [3.8, 4) is 0 Å². The second-order valence-corrected chi connectivity index (χ2v) is 5.37. The van der Waals surface area contributed by atoms with Crippen LogP contribution in [0.15, 0.2) is 0 Å². The number of amides is 1. The van der Waals surface area contributed by atoms with Crippen LogP contribution in [0.4, 0.5) is 0 Å². The minimum Gasteiger partial charge on any atom is -0.341 e. The molecular weight excluding hydrogens is 238 g/mol. The number of carbonyl (C=O) groups excluding carboxylic acids is 1. The Labute approximate surface area is 110 Å². The minimum absolute atomic E-state index is 0. The van der Waals surface area contributed by atoms with E-state index in [1.807, 2.05) is 4.90 Å². The molecule has 2 aliphatic heterocycles. The molecule has 4 nitrogen and oxygen atoms in total. The molecule has 2 rings (SSSR count). The van der Waals surface area contributed by atoms with Crippen molar-refractivity contribution in [2.75, 3.05) is 32.7 Å². The number of nitrogens with zero attached hydrogens (tertiary/aromatic N) is 2. The highest BCUT2D eigenvalue weighted by Gasteiger charge is 2.25. The summed E-state index contributed by atoms with van der Waals surface area (Å²) in [7, 11) is 0. The average molecular weight is 262 g/mol. The quantitative estimate of drug-likeness (QED) is 0.796. The van der Waals surface area contributed by atoms with Crippen LogP contribution >= 0.6 is 12.4 Å². The van der Waals surface area contributed by atoms with E-state index in [0.29, 0.717) is 18.4 Å². The first kappa shape index (κ1) is 14.7. The lowest BCUT2D eigenvalue weighted by atomic mass is 10.0. The summed E-state index contributed by atoms with van der Waals surface area (Å²) in [5.41, 5.74) is 5.83. The van der Waals surface area contributed by atoms with Crippen LogP contribution in [-0.4, -0.2) is 54.5 Å². The fourth-order valence-electron chi connectivity index (χ4n) is 2.71. The second-order valence-electron chi connectivity index (χ2n) is 5.37. The number of piperidine rings is 1. The summed E-state index contributed by atoms with van der Waals surface area (Å²) in [6.07, 6.45) is 3.45. The molecule has 2 aliphatic rings. The van der Waals surface area contributed by atoms with E-state index in [-0.39, 0.29) is 18.4 Å². The molecule has 0 bridgehead atoms. The lowest BCUT2D eigenvalue weighted by Crippen LogP contribution is -2.44. The molecule has 0 aromatic carbocycles. The molecule has 100 valence electrons. The highest BCUT2D eigenvalue weighted by atomic mass is 35.5. The molecule has 2 fully saturated rings. The third kappa shape index (κ3) is 4.12. The van der Waals surface area contributed by atoms with Crippen LogP contribution in [0.2, 0.25) is 0 Å². The van der Waals surface area contributed by atoms with Gasteiger partial charge in [-0.15, -0.1) is 12.4 Å². The summed E-state index contributed by atoms with van der Waals surface area (Å²) in [5.74, 6) is 0.958. The summed E-state index contributed by atoms with van der Waals surface area (Å²) in [6.45, 7) is 6.55. The molecule has 0 aromatic heterocycles. The topological polar surface area (TPSA) is 49.6 Å². The highest BCUT2D eigenvalue weighted by Crippen LogP contribution is 2.16. The van der Waals surface area contributed by atoms with Crippen molar-refractivity contribution >= 4 is 18.3 Å². The van der Waals surface area contributed by atoms with Gasteiger partial charge in [0.2, 0.25) is 5.91 Å². The summed E-state index contributed by atoms with van der Waals surface area (Å²) in [6, 6.07) is 0.271. The van der Waals surface area contributed by atoms with Gasteiger partial charge in [-0.25, -0.2) is 0 Å². The Morgan fingerprint density at radius 3 is 2.65 bits per heavy atom. The van der Waals surface area contributed by atoms with Crippen molar-refractivity contribution in [2.45, 2.75) is 32.2 Å². The van der Waals surface area contributed by atoms with Gasteiger partial charge >= 0.3 is 0 Å². The fraction of sp³-hybridized carbons (Fsp3) is 0.917. The van der Waals surface area contributed by atoms with Gasteiger partial charge in [-0.2, -0.15) is 0 Å². The zero-order valence-corrected chi connectivity index (χ0v) is 11.4. The number of nitrogens with two attached hydrogens (primary N) is 1. The standard InChI is InChI=1S/C12H23N3O.ClH/c1-10-3-2-5-15(7-10)12(16)9-14-6-4-11(13)8-14;/h10-11H,2-9,13H2,1H3;1H. The smallest absolute Gasteiger partial charge is 0.236 e. The Kier molecular flexibility index (Phi) is 5.70. The highest BCUT2D eigenvalue weighted by molar-refractivity contribution is 5.85. The predicted molar refractivity (Wildman–Crippen MR) is 71.3 cm³/mol. The molecule has 2 unspecified atom stereocenters. The molecule has 0 radical (unpaired) electrons. The molecule has 0 saturated carbocycles. The van der Waals surface area contributed by atoms with Gasteiger partial charge in [0.25, 0.3) is 0 Å². The van der Waals surface area contributed by atoms with Crippen molar-refractivity contribution < 1.29 is 4.79 Å². The van der Waals surface area contributed by atoms with E-state index in [2.05, 4.69) is 11.8 Å². The van der Waals surface area contributed by atoms with Gasteiger partial charge in [0, 0.05) is 32.2 Å². The van der Waals surface area contributed by atoms with Gasteiger partial charge in [0.05, 0.1) is 6.54 Å². The Morgan fingerprint density at radius 1 is 1.29 bits per heavy atom. The van der Waals surface area contributed by atoms with E-state index in [1.165, 1.54) is 6.42 Å². The van der Waals surface area contributed by atoms with Gasteiger partial charge in [-0.05, 0) is 25.2 Å². The number of hydrogen-bond donors (Lipinski definition) is 1. The number of rotatable bonds is 2. The van der Waals surface area contributed by atoms with Gasteiger partial charge in [-0.3, -0.25) is 9.69 Å². The van der Waals surface area contributed by atoms with Gasteiger partial charge in [0.15, 0.2) is 0 Å². The zero-order valence-electron chi connectivity index (χ0n) is 10.6. The molecular formula is C12H24ClN3O. The van der Waals surface area contributed by atoms with E-state index < -0.39 is 0 Å². The molecule has 0 aliphatic carbocycles. The van der Waals surface area contributed by atoms with E-state index in [0.717, 1.165) is 39.0 Å². The monoisotopic (exact) mass is 261 g/mol. The minimum atomic E-state index is 0. The number of halogens is 1. The number of hydrogen-bond acceptors (Lipinski definition) is 3.